The van der Waals surface area contributed by atoms with Crippen LogP contribution in [-0.4, -0.2) is 26.6 Å². The van der Waals surface area contributed by atoms with Crippen LogP contribution in [0.15, 0.2) is 54.7 Å². The summed E-state index contributed by atoms with van der Waals surface area (Å²) in [7, 11) is 0. The average Bonchev–Trinajstić information content (AvgIpc) is 3.21. The van der Waals surface area contributed by atoms with Gasteiger partial charge in [0.05, 0.1) is 39.1 Å². The number of amides is 2. The van der Waals surface area contributed by atoms with Gasteiger partial charge in [0, 0.05) is 6.20 Å². The molecule has 32 heavy (non-hydrogen) atoms. The first-order valence-electron chi connectivity index (χ1n) is 9.37. The van der Waals surface area contributed by atoms with E-state index in [0.29, 0.717) is 16.3 Å². The standard InChI is InChI=1S/C22H12F4N4O2/c1-11-17-18-16(10-27-19(17)30(28-11)15-7-3-5-13(23)9-15)20(31)29(21(18)32)14-6-2-4-12(8-14)22(24,25)26/h2-10H,1H3. The molecule has 6 nitrogen and oxygen atoms in total. The van der Waals surface area contributed by atoms with Crippen LogP contribution in [0.25, 0.3) is 16.7 Å². The molecule has 0 atom stereocenters. The highest BCUT2D eigenvalue weighted by atomic mass is 19.4. The first-order chi connectivity index (χ1) is 15.2. The number of halogens is 4. The summed E-state index contributed by atoms with van der Waals surface area (Å²) in [6.07, 6.45) is -3.45. The van der Waals surface area contributed by atoms with E-state index in [2.05, 4.69) is 10.1 Å². The maximum atomic E-state index is 13.7. The summed E-state index contributed by atoms with van der Waals surface area (Å²) in [6.45, 7) is 1.60. The molecule has 0 spiro atoms. The Morgan fingerprint density at radius 2 is 1.66 bits per heavy atom. The predicted molar refractivity (Wildman–Crippen MR) is 106 cm³/mol. The van der Waals surface area contributed by atoms with Gasteiger partial charge >= 0.3 is 6.18 Å². The number of aryl methyl sites for hydroxylation is 1. The van der Waals surface area contributed by atoms with E-state index in [1.165, 1.54) is 35.1 Å². The lowest BCUT2D eigenvalue weighted by Crippen LogP contribution is -2.29. The third-order valence-corrected chi connectivity index (χ3v) is 5.21. The fourth-order valence-electron chi connectivity index (χ4n) is 3.80. The Morgan fingerprint density at radius 1 is 0.938 bits per heavy atom. The van der Waals surface area contributed by atoms with E-state index in [1.54, 1.807) is 13.0 Å². The third kappa shape index (κ3) is 2.87. The van der Waals surface area contributed by atoms with Crippen LogP contribution >= 0.6 is 0 Å². The summed E-state index contributed by atoms with van der Waals surface area (Å²) < 4.78 is 54.4. The molecule has 1 aliphatic heterocycles. The molecule has 5 rings (SSSR count). The van der Waals surface area contributed by atoms with Crippen LogP contribution in [-0.2, 0) is 6.18 Å². The summed E-state index contributed by atoms with van der Waals surface area (Å²) in [5.74, 6) is -2.05. The normalized spacial score (nSPS) is 13.8. The van der Waals surface area contributed by atoms with Crippen molar-refractivity contribution in [1.29, 1.82) is 0 Å². The van der Waals surface area contributed by atoms with Gasteiger partial charge in [-0.25, -0.2) is 19.0 Å². The fourth-order valence-corrected chi connectivity index (χ4v) is 3.80. The van der Waals surface area contributed by atoms with Gasteiger partial charge in [0.1, 0.15) is 5.82 Å². The van der Waals surface area contributed by atoms with Crippen LogP contribution in [0.1, 0.15) is 32.0 Å². The SMILES string of the molecule is Cc1nn(-c2cccc(F)c2)c2ncc3c(c12)C(=O)N(c1cccc(C(F)(F)F)c1)C3=O. The lowest BCUT2D eigenvalue weighted by molar-refractivity contribution is -0.137. The summed E-state index contributed by atoms with van der Waals surface area (Å²) in [6, 6.07) is 9.58. The number of hydrogen-bond acceptors (Lipinski definition) is 4. The topological polar surface area (TPSA) is 68.1 Å². The Bertz CT molecular complexity index is 1440. The Kier molecular flexibility index (Phi) is 4.16. The van der Waals surface area contributed by atoms with Gasteiger partial charge in [-0.2, -0.15) is 18.3 Å². The number of fused-ring (bicyclic) bond motifs is 3. The van der Waals surface area contributed by atoms with Gasteiger partial charge in [-0.1, -0.05) is 12.1 Å². The van der Waals surface area contributed by atoms with Gasteiger partial charge in [0.15, 0.2) is 5.65 Å². The van der Waals surface area contributed by atoms with Gasteiger partial charge in [0.25, 0.3) is 11.8 Å². The van der Waals surface area contributed by atoms with Crippen molar-refractivity contribution in [2.75, 3.05) is 4.90 Å². The molecule has 0 saturated carbocycles. The molecule has 0 radical (unpaired) electrons. The summed E-state index contributed by atoms with van der Waals surface area (Å²) in [5.41, 5.74) is -0.278. The first-order valence-corrected chi connectivity index (χ1v) is 9.37. The number of anilines is 1. The smallest absolute Gasteiger partial charge is 0.268 e. The van der Waals surface area contributed by atoms with Crippen molar-refractivity contribution in [3.8, 4) is 5.69 Å². The number of rotatable bonds is 2. The maximum Gasteiger partial charge on any atom is 0.416 e. The van der Waals surface area contributed by atoms with Crippen molar-refractivity contribution in [3.63, 3.8) is 0 Å². The zero-order chi connectivity index (χ0) is 22.8. The average molecular weight is 440 g/mol. The molecule has 4 aromatic rings. The zero-order valence-electron chi connectivity index (χ0n) is 16.3. The summed E-state index contributed by atoms with van der Waals surface area (Å²) in [5, 5.41) is 4.62. The number of hydrogen-bond donors (Lipinski definition) is 0. The van der Waals surface area contributed by atoms with E-state index in [9.17, 15) is 27.2 Å². The lowest BCUT2D eigenvalue weighted by Gasteiger charge is -2.16. The molecule has 2 amide bonds. The second kappa shape index (κ2) is 6.71. The van der Waals surface area contributed by atoms with Gasteiger partial charge in [-0.15, -0.1) is 0 Å². The maximum absolute atomic E-state index is 13.7. The fraction of sp³-hybridized carbons (Fsp3) is 0.0909. The Hall–Kier alpha value is -4.08. The molecule has 1 aliphatic rings. The number of alkyl halides is 3. The van der Waals surface area contributed by atoms with E-state index in [0.717, 1.165) is 18.2 Å². The minimum atomic E-state index is -4.63. The van der Waals surface area contributed by atoms with Crippen LogP contribution in [0.4, 0.5) is 23.2 Å². The van der Waals surface area contributed by atoms with E-state index in [-0.39, 0.29) is 27.8 Å². The molecule has 10 heteroatoms. The van der Waals surface area contributed by atoms with Crippen LogP contribution in [0.3, 0.4) is 0 Å². The van der Waals surface area contributed by atoms with E-state index >= 15 is 0 Å². The molecule has 3 heterocycles. The molecule has 2 aromatic heterocycles. The predicted octanol–water partition coefficient (Wildman–Crippen LogP) is 4.69. The van der Waals surface area contributed by atoms with Crippen molar-refractivity contribution in [3.05, 3.63) is 82.9 Å². The number of carbonyl (C=O) groups excluding carboxylic acids is 2. The molecule has 2 aromatic carbocycles. The number of pyridine rings is 1. The number of carbonyl (C=O) groups is 2. The molecular formula is C22H12F4N4O2. The molecule has 0 fully saturated rings. The number of aromatic nitrogens is 3. The largest absolute Gasteiger partial charge is 0.416 e. The van der Waals surface area contributed by atoms with Crippen LogP contribution in [0.5, 0.6) is 0 Å². The molecular weight excluding hydrogens is 428 g/mol. The second-order valence-corrected chi connectivity index (χ2v) is 7.22. The Labute approximate surface area is 177 Å². The highest BCUT2D eigenvalue weighted by molar-refractivity contribution is 6.37. The lowest BCUT2D eigenvalue weighted by atomic mass is 10.1. The van der Waals surface area contributed by atoms with Gasteiger partial charge in [-0.3, -0.25) is 9.59 Å². The molecule has 160 valence electrons. The number of imide groups is 1. The van der Waals surface area contributed by atoms with Crippen molar-refractivity contribution < 1.29 is 27.2 Å². The summed E-state index contributed by atoms with van der Waals surface area (Å²) in [4.78, 5) is 31.1. The highest BCUT2D eigenvalue weighted by Crippen LogP contribution is 2.37. The molecule has 0 bridgehead atoms. The van der Waals surface area contributed by atoms with Crippen molar-refractivity contribution in [1.82, 2.24) is 14.8 Å². The monoisotopic (exact) mass is 440 g/mol. The van der Waals surface area contributed by atoms with Crippen LogP contribution < -0.4 is 4.90 Å². The Balaban J connectivity index is 1.68. The van der Waals surface area contributed by atoms with Crippen molar-refractivity contribution in [2.24, 2.45) is 0 Å². The van der Waals surface area contributed by atoms with Gasteiger partial charge in [-0.05, 0) is 43.3 Å². The minimum absolute atomic E-state index is 0.00225. The highest BCUT2D eigenvalue weighted by Gasteiger charge is 2.41. The van der Waals surface area contributed by atoms with Gasteiger partial charge < -0.3 is 0 Å². The zero-order valence-corrected chi connectivity index (χ0v) is 16.3. The van der Waals surface area contributed by atoms with E-state index in [1.807, 2.05) is 0 Å². The summed E-state index contributed by atoms with van der Waals surface area (Å²) >= 11 is 0. The molecule has 0 unspecified atom stereocenters. The molecule has 0 aliphatic carbocycles. The number of benzene rings is 2. The first kappa shape index (κ1) is 19.9. The second-order valence-electron chi connectivity index (χ2n) is 7.22. The minimum Gasteiger partial charge on any atom is -0.268 e. The van der Waals surface area contributed by atoms with Crippen molar-refractivity contribution >= 4 is 28.5 Å². The molecule has 0 N–H and O–H groups in total. The quantitative estimate of drug-likeness (QED) is 0.335. The van der Waals surface area contributed by atoms with E-state index in [4.69, 9.17) is 0 Å². The van der Waals surface area contributed by atoms with E-state index < -0.39 is 29.4 Å². The van der Waals surface area contributed by atoms with Crippen molar-refractivity contribution in [2.45, 2.75) is 13.1 Å². The molecule has 0 saturated heterocycles. The third-order valence-electron chi connectivity index (χ3n) is 5.21. The van der Waals surface area contributed by atoms with Crippen LogP contribution in [0, 0.1) is 12.7 Å². The van der Waals surface area contributed by atoms with Crippen LogP contribution in [0.2, 0.25) is 0 Å². The Morgan fingerprint density at radius 3 is 2.38 bits per heavy atom. The number of nitrogens with zero attached hydrogens (tertiary/aromatic N) is 4. The van der Waals surface area contributed by atoms with Gasteiger partial charge in [0.2, 0.25) is 0 Å².